The van der Waals surface area contributed by atoms with Crippen molar-refractivity contribution in [2.45, 2.75) is 133 Å². The highest BCUT2D eigenvalue weighted by Crippen LogP contribution is 2.41. The summed E-state index contributed by atoms with van der Waals surface area (Å²) < 4.78 is 0. The van der Waals surface area contributed by atoms with E-state index in [4.69, 9.17) is 0 Å². The van der Waals surface area contributed by atoms with Gasteiger partial charge in [0.25, 0.3) is 0 Å². The van der Waals surface area contributed by atoms with Gasteiger partial charge in [0.1, 0.15) is 0 Å². The van der Waals surface area contributed by atoms with Crippen molar-refractivity contribution >= 4 is 0 Å². The van der Waals surface area contributed by atoms with Gasteiger partial charge in [0, 0.05) is 0 Å². The van der Waals surface area contributed by atoms with Crippen LogP contribution in [0.3, 0.4) is 0 Å². The number of rotatable bonds is 5. The molecular weight excluding hydrogens is 336 g/mol. The van der Waals surface area contributed by atoms with E-state index < -0.39 is 0 Å². The summed E-state index contributed by atoms with van der Waals surface area (Å²) in [5.41, 5.74) is 0. The van der Waals surface area contributed by atoms with Crippen LogP contribution in [0.15, 0.2) is 0 Å². The minimum Gasteiger partial charge on any atom is -0.0656 e. The van der Waals surface area contributed by atoms with Crippen LogP contribution in [0, 0.1) is 47.3 Å². The minimum absolute atomic E-state index is 0.884. The normalized spacial score (nSPS) is 30.5. The van der Waals surface area contributed by atoms with E-state index in [0.29, 0.717) is 0 Å². The Kier molecular flexibility index (Phi) is 15.8. The molecule has 170 valence electrons. The third-order valence-electron chi connectivity index (χ3n) is 7.62. The lowest BCUT2D eigenvalue weighted by Crippen LogP contribution is -2.30. The van der Waals surface area contributed by atoms with Crippen LogP contribution in [0.1, 0.15) is 133 Å². The Morgan fingerprint density at radius 2 is 1.14 bits per heavy atom. The molecule has 0 saturated heterocycles. The van der Waals surface area contributed by atoms with E-state index in [1.165, 1.54) is 64.2 Å². The maximum Gasteiger partial charge on any atom is -0.0358 e. The van der Waals surface area contributed by atoms with E-state index in [1.807, 2.05) is 0 Å². The van der Waals surface area contributed by atoms with E-state index in [1.54, 1.807) is 0 Å². The van der Waals surface area contributed by atoms with Gasteiger partial charge in [-0.1, -0.05) is 114 Å². The molecule has 2 aliphatic carbocycles. The molecule has 3 unspecified atom stereocenters. The zero-order valence-corrected chi connectivity index (χ0v) is 21.7. The smallest absolute Gasteiger partial charge is 0.0358 e. The average molecular weight is 395 g/mol. The predicted octanol–water partition coefficient (Wildman–Crippen LogP) is 10.0. The van der Waals surface area contributed by atoms with Gasteiger partial charge in [-0.05, 0) is 66.6 Å². The maximum atomic E-state index is 2.43. The molecule has 0 N–H and O–H groups in total. The molecule has 0 heterocycles. The Bertz CT molecular complexity index is 338. The summed E-state index contributed by atoms with van der Waals surface area (Å²) in [6, 6.07) is 0. The Morgan fingerprint density at radius 3 is 1.57 bits per heavy atom. The van der Waals surface area contributed by atoms with Crippen LogP contribution >= 0.6 is 0 Å². The molecule has 2 fully saturated rings. The first-order valence-corrected chi connectivity index (χ1v) is 13.2. The first-order valence-electron chi connectivity index (χ1n) is 13.2. The summed E-state index contributed by atoms with van der Waals surface area (Å²) in [7, 11) is 0. The van der Waals surface area contributed by atoms with Crippen LogP contribution in [0.2, 0.25) is 0 Å². The molecule has 28 heavy (non-hydrogen) atoms. The second kappa shape index (κ2) is 15.8. The molecule has 0 aliphatic heterocycles. The Labute approximate surface area is 181 Å². The largest absolute Gasteiger partial charge is 0.0656 e. The summed E-state index contributed by atoms with van der Waals surface area (Å²) in [5.74, 6) is 7.82. The SMILES string of the molecule is CC1CCC(C(C)C)C(C(C)C)C1.CCC.CCC(CC)[C@H]1CCC[C@@H](C)C1. The van der Waals surface area contributed by atoms with E-state index in [2.05, 4.69) is 69.2 Å². The molecular formula is C28H58. The van der Waals surface area contributed by atoms with Crippen molar-refractivity contribution in [2.75, 3.05) is 0 Å². The fraction of sp³-hybridized carbons (Fsp3) is 1.00. The van der Waals surface area contributed by atoms with Crippen LogP contribution in [-0.2, 0) is 0 Å². The van der Waals surface area contributed by atoms with E-state index in [9.17, 15) is 0 Å². The maximum absolute atomic E-state index is 2.43. The molecule has 0 spiro atoms. The zero-order chi connectivity index (χ0) is 21.7. The molecule has 2 rings (SSSR count). The van der Waals surface area contributed by atoms with E-state index in [-0.39, 0.29) is 0 Å². The number of hydrogen-bond donors (Lipinski definition) is 0. The second-order valence-corrected chi connectivity index (χ2v) is 11.0. The third kappa shape index (κ3) is 10.7. The van der Waals surface area contributed by atoms with Gasteiger partial charge in [-0.2, -0.15) is 0 Å². The second-order valence-electron chi connectivity index (χ2n) is 11.0. The van der Waals surface area contributed by atoms with Crippen molar-refractivity contribution in [2.24, 2.45) is 47.3 Å². The topological polar surface area (TPSA) is 0 Å². The van der Waals surface area contributed by atoms with Gasteiger partial charge in [0.15, 0.2) is 0 Å². The highest BCUT2D eigenvalue weighted by molar-refractivity contribution is 4.82. The Morgan fingerprint density at radius 1 is 0.643 bits per heavy atom. The van der Waals surface area contributed by atoms with Gasteiger partial charge in [-0.25, -0.2) is 0 Å². The van der Waals surface area contributed by atoms with Gasteiger partial charge < -0.3 is 0 Å². The number of hydrogen-bond acceptors (Lipinski definition) is 0. The third-order valence-corrected chi connectivity index (χ3v) is 7.62. The quantitative estimate of drug-likeness (QED) is 0.435. The standard InChI is InChI=1S/C13H26.C12H24.C3H8/c1-9(2)12-7-6-11(5)8-13(12)10(3)4;1-4-11(5-2)12-8-6-7-10(3)9-12;1-3-2/h9-13H,6-8H2,1-5H3;10-12H,4-9H2,1-3H3;3H2,1-2H3/t;10-,12+;/m.1./s1. The van der Waals surface area contributed by atoms with Crippen molar-refractivity contribution in [1.82, 2.24) is 0 Å². The summed E-state index contributed by atoms with van der Waals surface area (Å²) in [5, 5.41) is 0. The predicted molar refractivity (Wildman–Crippen MR) is 131 cm³/mol. The van der Waals surface area contributed by atoms with Crippen LogP contribution in [0.5, 0.6) is 0 Å². The zero-order valence-electron chi connectivity index (χ0n) is 21.7. The lowest BCUT2D eigenvalue weighted by Gasteiger charge is -2.39. The summed E-state index contributed by atoms with van der Waals surface area (Å²) >= 11 is 0. The van der Waals surface area contributed by atoms with Crippen molar-refractivity contribution in [3.63, 3.8) is 0 Å². The van der Waals surface area contributed by atoms with Crippen molar-refractivity contribution in [1.29, 1.82) is 0 Å². The lowest BCUT2D eigenvalue weighted by molar-refractivity contribution is 0.106. The molecule has 0 bridgehead atoms. The Balaban J connectivity index is 0.000000458. The lowest BCUT2D eigenvalue weighted by atomic mass is 9.66. The molecule has 2 aliphatic rings. The molecule has 2 saturated carbocycles. The molecule has 0 aromatic carbocycles. The summed E-state index contributed by atoms with van der Waals surface area (Å²) in [6.07, 6.45) is 14.4. The van der Waals surface area contributed by atoms with Crippen LogP contribution in [-0.4, -0.2) is 0 Å². The summed E-state index contributed by atoms with van der Waals surface area (Å²) in [6.45, 7) is 23.4. The molecule has 0 heteroatoms. The Hall–Kier alpha value is 0. The fourth-order valence-corrected chi connectivity index (χ4v) is 5.91. The van der Waals surface area contributed by atoms with Gasteiger partial charge in [-0.3, -0.25) is 0 Å². The molecule has 5 atom stereocenters. The minimum atomic E-state index is 0.884. The molecule has 0 amide bonds. The van der Waals surface area contributed by atoms with Crippen molar-refractivity contribution < 1.29 is 0 Å². The van der Waals surface area contributed by atoms with Crippen molar-refractivity contribution in [3.05, 3.63) is 0 Å². The van der Waals surface area contributed by atoms with Gasteiger partial charge in [0.05, 0.1) is 0 Å². The molecule has 0 aromatic heterocycles. The van der Waals surface area contributed by atoms with Gasteiger partial charge in [-0.15, -0.1) is 0 Å². The molecule has 0 nitrogen and oxygen atoms in total. The van der Waals surface area contributed by atoms with Gasteiger partial charge in [0.2, 0.25) is 0 Å². The van der Waals surface area contributed by atoms with Gasteiger partial charge >= 0.3 is 0 Å². The monoisotopic (exact) mass is 394 g/mol. The van der Waals surface area contributed by atoms with E-state index >= 15 is 0 Å². The van der Waals surface area contributed by atoms with Crippen molar-refractivity contribution in [3.8, 4) is 0 Å². The van der Waals surface area contributed by atoms with Crippen LogP contribution < -0.4 is 0 Å². The highest BCUT2D eigenvalue weighted by atomic mass is 14.4. The first kappa shape index (κ1) is 28.0. The first-order chi connectivity index (χ1) is 13.2. The average Bonchev–Trinajstić information content (AvgIpc) is 2.63. The van der Waals surface area contributed by atoms with E-state index in [0.717, 1.165) is 47.3 Å². The molecule has 0 aromatic rings. The summed E-state index contributed by atoms with van der Waals surface area (Å²) in [4.78, 5) is 0. The van der Waals surface area contributed by atoms with Crippen LogP contribution in [0.4, 0.5) is 0 Å². The fourth-order valence-electron chi connectivity index (χ4n) is 5.91. The van der Waals surface area contributed by atoms with Crippen LogP contribution in [0.25, 0.3) is 0 Å². The highest BCUT2D eigenvalue weighted by Gasteiger charge is 2.32. The molecule has 0 radical (unpaired) electrons.